The molecule has 0 bridgehead atoms. The summed E-state index contributed by atoms with van der Waals surface area (Å²) in [6, 6.07) is 15.9. The van der Waals surface area contributed by atoms with Crippen LogP contribution in [0.5, 0.6) is 0 Å². The molecule has 0 N–H and O–H groups in total. The number of aromatic nitrogens is 2. The van der Waals surface area contributed by atoms with E-state index in [0.29, 0.717) is 11.2 Å². The largest absolute Gasteiger partial charge is 0.456 e. The fourth-order valence-electron chi connectivity index (χ4n) is 3.86. The summed E-state index contributed by atoms with van der Waals surface area (Å²) in [6.45, 7) is 1.62. The highest BCUT2D eigenvalue weighted by Crippen LogP contribution is 2.29. The number of pyridine rings is 1. The van der Waals surface area contributed by atoms with Gasteiger partial charge < -0.3 is 4.74 Å². The first-order valence-electron chi connectivity index (χ1n) is 9.91. The van der Waals surface area contributed by atoms with Crippen LogP contribution in [0.2, 0.25) is 0 Å². The number of ketones is 2. The minimum absolute atomic E-state index is 0.00323. The molecule has 5 rings (SSSR count). The van der Waals surface area contributed by atoms with Crippen LogP contribution >= 0.6 is 0 Å². The van der Waals surface area contributed by atoms with Crippen LogP contribution in [0.1, 0.15) is 53.5 Å². The Morgan fingerprint density at radius 3 is 2.41 bits per heavy atom. The highest BCUT2D eigenvalue weighted by Gasteiger charge is 2.33. The molecule has 7 heteroatoms. The molecular formula is C25H16N2O5. The van der Waals surface area contributed by atoms with Gasteiger partial charge in [0.2, 0.25) is 0 Å². The molecule has 1 aliphatic rings. The zero-order valence-corrected chi connectivity index (χ0v) is 17.0. The second-order valence-electron chi connectivity index (χ2n) is 7.53. The van der Waals surface area contributed by atoms with Gasteiger partial charge in [0.1, 0.15) is 12.3 Å². The van der Waals surface area contributed by atoms with Gasteiger partial charge in [-0.2, -0.15) is 0 Å². The lowest BCUT2D eigenvalue weighted by Crippen LogP contribution is -2.24. The van der Waals surface area contributed by atoms with Gasteiger partial charge in [0, 0.05) is 34.5 Å². The van der Waals surface area contributed by atoms with Gasteiger partial charge in [-0.15, -0.1) is 0 Å². The normalized spacial score (nSPS) is 12.4. The van der Waals surface area contributed by atoms with Crippen LogP contribution in [0.3, 0.4) is 0 Å². The van der Waals surface area contributed by atoms with Gasteiger partial charge in [-0.05, 0) is 24.6 Å². The lowest BCUT2D eigenvalue weighted by Gasteiger charge is -2.19. The van der Waals surface area contributed by atoms with E-state index in [1.165, 1.54) is 28.7 Å². The smallest absolute Gasteiger partial charge is 0.339 e. The van der Waals surface area contributed by atoms with Crippen LogP contribution in [-0.4, -0.2) is 26.9 Å². The Kier molecular flexibility index (Phi) is 4.52. The number of rotatable bonds is 3. The van der Waals surface area contributed by atoms with E-state index in [2.05, 4.69) is 4.98 Å². The van der Waals surface area contributed by atoms with Crippen molar-refractivity contribution in [3.05, 3.63) is 116 Å². The molecule has 0 fully saturated rings. The quantitative estimate of drug-likeness (QED) is 0.413. The third kappa shape index (κ3) is 3.11. The number of ether oxygens (including phenoxy) is 1. The second kappa shape index (κ2) is 7.39. The molecule has 0 aliphatic heterocycles. The maximum atomic E-state index is 13.1. The van der Waals surface area contributed by atoms with E-state index >= 15 is 0 Å². The Bertz CT molecular complexity index is 1520. The summed E-state index contributed by atoms with van der Waals surface area (Å²) in [6.07, 6.45) is 1.68. The monoisotopic (exact) mass is 424 g/mol. The fraction of sp³-hybridized carbons (Fsp3) is 0.0800. The average molecular weight is 424 g/mol. The van der Waals surface area contributed by atoms with Gasteiger partial charge in [0.25, 0.3) is 5.56 Å². The molecule has 2 aromatic carbocycles. The standard InChI is InChI=1S/C25H16N2O5/c1-14-9-10-20-26-15(11-21(28)27(20)12-14)13-32-25(31)19-8-4-7-18-22(19)24(30)17-6-3-2-5-16(17)23(18)29/h2-12H,13H2,1H3. The average Bonchev–Trinajstić information content (AvgIpc) is 2.81. The molecule has 0 amide bonds. The number of nitrogens with zero attached hydrogens (tertiary/aromatic N) is 2. The number of fused-ring (bicyclic) bond motifs is 3. The first kappa shape index (κ1) is 19.6. The molecule has 0 radical (unpaired) electrons. The number of hydrogen-bond acceptors (Lipinski definition) is 6. The van der Waals surface area contributed by atoms with Crippen molar-refractivity contribution in [2.24, 2.45) is 0 Å². The predicted octanol–water partition coefficient (Wildman–Crippen LogP) is 3.14. The van der Waals surface area contributed by atoms with E-state index in [4.69, 9.17) is 4.74 Å². The minimum Gasteiger partial charge on any atom is -0.456 e. The summed E-state index contributed by atoms with van der Waals surface area (Å²) >= 11 is 0. The van der Waals surface area contributed by atoms with Gasteiger partial charge in [-0.3, -0.25) is 18.8 Å². The van der Waals surface area contributed by atoms with E-state index in [-0.39, 0.29) is 45.9 Å². The summed E-state index contributed by atoms with van der Waals surface area (Å²) in [5.41, 5.74) is 2.10. The summed E-state index contributed by atoms with van der Waals surface area (Å²) in [4.78, 5) is 55.5. The van der Waals surface area contributed by atoms with Crippen molar-refractivity contribution in [2.75, 3.05) is 0 Å². The molecule has 4 aromatic rings. The molecule has 0 spiro atoms. The molecule has 0 saturated heterocycles. The van der Waals surface area contributed by atoms with Crippen LogP contribution < -0.4 is 5.56 Å². The topological polar surface area (TPSA) is 94.8 Å². The highest BCUT2D eigenvalue weighted by atomic mass is 16.5. The zero-order valence-electron chi connectivity index (χ0n) is 17.0. The Morgan fingerprint density at radius 1 is 0.906 bits per heavy atom. The zero-order chi connectivity index (χ0) is 22.4. The lowest BCUT2D eigenvalue weighted by molar-refractivity contribution is 0.0465. The summed E-state index contributed by atoms with van der Waals surface area (Å²) in [5, 5.41) is 0. The maximum absolute atomic E-state index is 13.1. The third-order valence-electron chi connectivity index (χ3n) is 5.38. The van der Waals surface area contributed by atoms with Crippen molar-refractivity contribution in [3.63, 3.8) is 0 Å². The number of esters is 1. The maximum Gasteiger partial charge on any atom is 0.339 e. The first-order valence-corrected chi connectivity index (χ1v) is 9.91. The number of carbonyl (C=O) groups is 3. The van der Waals surface area contributed by atoms with Gasteiger partial charge in [0.15, 0.2) is 11.6 Å². The minimum atomic E-state index is -0.770. The molecule has 0 unspecified atom stereocenters. The Balaban J connectivity index is 1.46. The summed E-state index contributed by atoms with van der Waals surface area (Å²) in [7, 11) is 0. The van der Waals surface area contributed by atoms with Crippen LogP contribution in [0, 0.1) is 6.92 Å². The van der Waals surface area contributed by atoms with Gasteiger partial charge in [-0.25, -0.2) is 9.78 Å². The number of aryl methyl sites for hydroxylation is 1. The van der Waals surface area contributed by atoms with Gasteiger partial charge >= 0.3 is 5.97 Å². The van der Waals surface area contributed by atoms with Crippen molar-refractivity contribution in [1.29, 1.82) is 0 Å². The number of hydrogen-bond donors (Lipinski definition) is 0. The SMILES string of the molecule is Cc1ccc2nc(COC(=O)c3cccc4c3C(=O)c3ccccc3C4=O)cc(=O)n2c1. The molecule has 2 heterocycles. The lowest BCUT2D eigenvalue weighted by atomic mass is 9.82. The van der Waals surface area contributed by atoms with Crippen LogP contribution in [-0.2, 0) is 11.3 Å². The molecule has 0 saturated carbocycles. The van der Waals surface area contributed by atoms with E-state index < -0.39 is 11.8 Å². The highest BCUT2D eigenvalue weighted by molar-refractivity contribution is 6.30. The van der Waals surface area contributed by atoms with Crippen LogP contribution in [0.15, 0.2) is 71.7 Å². The Labute approximate surface area is 181 Å². The molecular weight excluding hydrogens is 408 g/mol. The molecule has 156 valence electrons. The van der Waals surface area contributed by atoms with E-state index in [0.717, 1.165) is 5.56 Å². The molecule has 32 heavy (non-hydrogen) atoms. The van der Waals surface area contributed by atoms with Gasteiger partial charge in [-0.1, -0.05) is 42.5 Å². The Hall–Kier alpha value is -4.39. The third-order valence-corrected chi connectivity index (χ3v) is 5.38. The van der Waals surface area contributed by atoms with Crippen LogP contribution in [0.4, 0.5) is 0 Å². The summed E-state index contributed by atoms with van der Waals surface area (Å²) in [5.74, 6) is -1.49. The van der Waals surface area contributed by atoms with E-state index in [1.54, 1.807) is 36.5 Å². The van der Waals surface area contributed by atoms with Crippen molar-refractivity contribution in [3.8, 4) is 0 Å². The van der Waals surface area contributed by atoms with Gasteiger partial charge in [0.05, 0.1) is 11.3 Å². The molecule has 2 aromatic heterocycles. The number of carbonyl (C=O) groups excluding carboxylic acids is 3. The van der Waals surface area contributed by atoms with E-state index in [1.807, 2.05) is 13.0 Å². The van der Waals surface area contributed by atoms with Crippen molar-refractivity contribution in [1.82, 2.24) is 9.38 Å². The number of benzene rings is 2. The predicted molar refractivity (Wildman–Crippen MR) is 115 cm³/mol. The Morgan fingerprint density at radius 2 is 1.62 bits per heavy atom. The summed E-state index contributed by atoms with van der Waals surface area (Å²) < 4.78 is 6.78. The molecule has 7 nitrogen and oxygen atoms in total. The second-order valence-corrected chi connectivity index (χ2v) is 7.53. The van der Waals surface area contributed by atoms with Crippen molar-refractivity contribution >= 4 is 23.2 Å². The van der Waals surface area contributed by atoms with Crippen molar-refractivity contribution in [2.45, 2.75) is 13.5 Å². The molecule has 1 aliphatic carbocycles. The molecule has 0 atom stereocenters. The van der Waals surface area contributed by atoms with Crippen molar-refractivity contribution < 1.29 is 19.1 Å². The van der Waals surface area contributed by atoms with Crippen LogP contribution in [0.25, 0.3) is 5.65 Å². The fourth-order valence-corrected chi connectivity index (χ4v) is 3.86. The van der Waals surface area contributed by atoms with E-state index in [9.17, 15) is 19.2 Å². The first-order chi connectivity index (χ1) is 15.4.